The van der Waals surface area contributed by atoms with Crippen LogP contribution in [0.4, 0.5) is 0 Å². The van der Waals surface area contributed by atoms with Gasteiger partial charge in [0.15, 0.2) is 0 Å². The number of rotatable bonds is 7. The summed E-state index contributed by atoms with van der Waals surface area (Å²) in [6, 6.07) is 13.8. The quantitative estimate of drug-likeness (QED) is 0.439. The summed E-state index contributed by atoms with van der Waals surface area (Å²) in [6.45, 7) is 1.81. The average Bonchev–Trinajstić information content (AvgIpc) is 3.15. The Morgan fingerprint density at radius 1 is 1.18 bits per heavy atom. The van der Waals surface area contributed by atoms with Gasteiger partial charge in [-0.3, -0.25) is 0 Å². The first kappa shape index (κ1) is 19.6. The molecule has 7 nitrogen and oxygen atoms in total. The molecule has 8 heteroatoms. The number of hydrogen-bond acceptors (Lipinski definition) is 8. The van der Waals surface area contributed by atoms with Gasteiger partial charge in [-0.2, -0.15) is 0 Å². The van der Waals surface area contributed by atoms with Crippen LogP contribution >= 0.6 is 11.8 Å². The molecular formula is C20H18N2O5S. The van der Waals surface area contributed by atoms with Crippen LogP contribution in [-0.2, 0) is 20.0 Å². The van der Waals surface area contributed by atoms with Crippen molar-refractivity contribution in [3.05, 3.63) is 77.3 Å². The zero-order valence-corrected chi connectivity index (χ0v) is 16.1. The molecule has 0 aliphatic carbocycles. The Morgan fingerprint density at radius 2 is 1.96 bits per heavy atom. The van der Waals surface area contributed by atoms with E-state index in [-0.39, 0.29) is 5.56 Å². The SMILES string of the molecule is COC(=O)C(OC(=O)c1cccnc1SCc1cc(C)on1)c1ccccc1. The fourth-order valence-corrected chi connectivity index (χ4v) is 3.31. The second-order valence-corrected chi connectivity index (χ2v) is 6.76. The molecule has 1 atom stereocenters. The van der Waals surface area contributed by atoms with E-state index in [1.54, 1.807) is 55.6 Å². The van der Waals surface area contributed by atoms with E-state index in [1.165, 1.54) is 18.9 Å². The highest BCUT2D eigenvalue weighted by molar-refractivity contribution is 7.98. The summed E-state index contributed by atoms with van der Waals surface area (Å²) in [5.74, 6) is -0.129. The molecule has 2 aromatic heterocycles. The Kier molecular flexibility index (Phi) is 6.44. The number of methoxy groups -OCH3 is 1. The lowest BCUT2D eigenvalue weighted by molar-refractivity contribution is -0.151. The molecule has 144 valence electrons. The number of carbonyl (C=O) groups excluding carboxylic acids is 2. The number of esters is 2. The first-order valence-electron chi connectivity index (χ1n) is 8.42. The molecule has 2 heterocycles. The lowest BCUT2D eigenvalue weighted by Crippen LogP contribution is -2.21. The van der Waals surface area contributed by atoms with Crippen LogP contribution in [0.15, 0.2) is 64.3 Å². The third-order valence-corrected chi connectivity index (χ3v) is 4.81. The number of hydrogen-bond donors (Lipinski definition) is 0. The Balaban J connectivity index is 1.78. The van der Waals surface area contributed by atoms with E-state index in [9.17, 15) is 9.59 Å². The maximum Gasteiger partial charge on any atom is 0.351 e. The molecule has 3 aromatic rings. The van der Waals surface area contributed by atoms with Gasteiger partial charge in [-0.05, 0) is 19.1 Å². The Labute approximate surface area is 166 Å². The van der Waals surface area contributed by atoms with E-state index < -0.39 is 18.0 Å². The van der Waals surface area contributed by atoms with Crippen molar-refractivity contribution in [1.82, 2.24) is 10.1 Å². The van der Waals surface area contributed by atoms with Gasteiger partial charge in [0.1, 0.15) is 10.8 Å². The van der Waals surface area contributed by atoms with Crippen molar-refractivity contribution >= 4 is 23.7 Å². The van der Waals surface area contributed by atoms with Crippen LogP contribution in [0.1, 0.15) is 33.5 Å². The maximum atomic E-state index is 12.8. The Hall–Kier alpha value is -3.13. The number of benzene rings is 1. The zero-order valence-electron chi connectivity index (χ0n) is 15.3. The fourth-order valence-electron chi connectivity index (χ4n) is 2.45. The average molecular weight is 398 g/mol. The molecule has 0 saturated carbocycles. The molecule has 0 fully saturated rings. The van der Waals surface area contributed by atoms with E-state index in [1.807, 2.05) is 6.07 Å². The molecule has 0 amide bonds. The zero-order chi connectivity index (χ0) is 19.9. The van der Waals surface area contributed by atoms with E-state index in [0.717, 1.165) is 5.69 Å². The highest BCUT2D eigenvalue weighted by Crippen LogP contribution is 2.27. The van der Waals surface area contributed by atoms with Gasteiger partial charge in [-0.15, -0.1) is 0 Å². The highest BCUT2D eigenvalue weighted by atomic mass is 32.2. The van der Waals surface area contributed by atoms with Crippen molar-refractivity contribution in [2.75, 3.05) is 7.11 Å². The second kappa shape index (κ2) is 9.18. The molecule has 28 heavy (non-hydrogen) atoms. The van der Waals surface area contributed by atoms with Crippen LogP contribution in [0.3, 0.4) is 0 Å². The van der Waals surface area contributed by atoms with Crippen LogP contribution in [0.5, 0.6) is 0 Å². The van der Waals surface area contributed by atoms with Crippen LogP contribution in [0.25, 0.3) is 0 Å². The molecule has 0 aliphatic rings. The molecule has 0 N–H and O–H groups in total. The third kappa shape index (κ3) is 4.77. The van der Waals surface area contributed by atoms with Crippen LogP contribution in [-0.4, -0.2) is 29.2 Å². The van der Waals surface area contributed by atoms with Gasteiger partial charge >= 0.3 is 11.9 Å². The molecule has 0 bridgehead atoms. The van der Waals surface area contributed by atoms with Crippen molar-refractivity contribution in [1.29, 1.82) is 0 Å². The van der Waals surface area contributed by atoms with Gasteiger partial charge in [0, 0.05) is 23.6 Å². The van der Waals surface area contributed by atoms with E-state index >= 15 is 0 Å². The summed E-state index contributed by atoms with van der Waals surface area (Å²) in [5.41, 5.74) is 1.53. The molecular weight excluding hydrogens is 380 g/mol. The molecule has 0 aliphatic heterocycles. The highest BCUT2D eigenvalue weighted by Gasteiger charge is 2.27. The third-order valence-electron chi connectivity index (χ3n) is 3.77. The minimum absolute atomic E-state index is 0.262. The van der Waals surface area contributed by atoms with Gasteiger partial charge in [0.05, 0.1) is 18.4 Å². The minimum Gasteiger partial charge on any atom is -0.466 e. The van der Waals surface area contributed by atoms with E-state index in [2.05, 4.69) is 10.1 Å². The molecule has 0 saturated heterocycles. The van der Waals surface area contributed by atoms with E-state index in [0.29, 0.717) is 22.1 Å². The monoisotopic (exact) mass is 398 g/mol. The van der Waals surface area contributed by atoms with Gasteiger partial charge in [-0.25, -0.2) is 14.6 Å². The van der Waals surface area contributed by atoms with Crippen LogP contribution in [0, 0.1) is 6.92 Å². The summed E-state index contributed by atoms with van der Waals surface area (Å²) in [7, 11) is 1.25. The van der Waals surface area contributed by atoms with Gasteiger partial charge in [-0.1, -0.05) is 47.3 Å². The van der Waals surface area contributed by atoms with Gasteiger partial charge < -0.3 is 14.0 Å². The number of nitrogens with zero attached hydrogens (tertiary/aromatic N) is 2. The number of pyridine rings is 1. The number of ether oxygens (including phenoxy) is 2. The number of aromatic nitrogens is 2. The van der Waals surface area contributed by atoms with Crippen molar-refractivity contribution in [3.63, 3.8) is 0 Å². The molecule has 0 radical (unpaired) electrons. The van der Waals surface area contributed by atoms with Gasteiger partial charge in [0.2, 0.25) is 6.10 Å². The first-order chi connectivity index (χ1) is 13.6. The topological polar surface area (TPSA) is 91.5 Å². The number of aryl methyl sites for hydroxylation is 1. The number of carbonyl (C=O) groups is 2. The van der Waals surface area contributed by atoms with Crippen molar-refractivity contribution in [2.45, 2.75) is 23.8 Å². The lowest BCUT2D eigenvalue weighted by atomic mass is 10.1. The van der Waals surface area contributed by atoms with Crippen molar-refractivity contribution < 1.29 is 23.6 Å². The minimum atomic E-state index is -1.16. The van der Waals surface area contributed by atoms with E-state index in [4.69, 9.17) is 14.0 Å². The summed E-state index contributed by atoms with van der Waals surface area (Å²) < 4.78 is 15.3. The summed E-state index contributed by atoms with van der Waals surface area (Å²) in [4.78, 5) is 29.2. The normalized spacial score (nSPS) is 11.6. The Morgan fingerprint density at radius 3 is 2.64 bits per heavy atom. The van der Waals surface area contributed by atoms with Crippen molar-refractivity contribution in [3.8, 4) is 0 Å². The van der Waals surface area contributed by atoms with Crippen LogP contribution in [0.2, 0.25) is 0 Å². The summed E-state index contributed by atoms with van der Waals surface area (Å²) >= 11 is 1.33. The second-order valence-electron chi connectivity index (χ2n) is 5.79. The van der Waals surface area contributed by atoms with Crippen molar-refractivity contribution in [2.24, 2.45) is 0 Å². The smallest absolute Gasteiger partial charge is 0.351 e. The maximum absolute atomic E-state index is 12.8. The summed E-state index contributed by atoms with van der Waals surface area (Å²) in [5, 5.41) is 4.40. The predicted octanol–water partition coefficient (Wildman–Crippen LogP) is 3.74. The largest absolute Gasteiger partial charge is 0.466 e. The van der Waals surface area contributed by atoms with Crippen LogP contribution < -0.4 is 0 Å². The number of thioether (sulfide) groups is 1. The standard InChI is InChI=1S/C20H18N2O5S/c1-13-11-15(22-27-13)12-28-18-16(9-6-10-21-18)19(23)26-17(20(24)25-2)14-7-4-3-5-8-14/h3-11,17H,12H2,1-2H3. The lowest BCUT2D eigenvalue weighted by Gasteiger charge is -2.16. The molecule has 0 spiro atoms. The Bertz CT molecular complexity index is 958. The molecule has 3 rings (SSSR count). The predicted molar refractivity (Wildman–Crippen MR) is 102 cm³/mol. The van der Waals surface area contributed by atoms with Gasteiger partial charge in [0.25, 0.3) is 0 Å². The molecule has 1 unspecified atom stereocenters. The fraction of sp³-hybridized carbons (Fsp3) is 0.200. The summed E-state index contributed by atoms with van der Waals surface area (Å²) in [6.07, 6.45) is 0.428. The molecule has 1 aromatic carbocycles. The first-order valence-corrected chi connectivity index (χ1v) is 9.41.